The first-order valence-electron chi connectivity index (χ1n) is 11.0. The first-order valence-corrected chi connectivity index (χ1v) is 12.5. The first kappa shape index (κ1) is 22.4. The topological polar surface area (TPSA) is 144 Å². The summed E-state index contributed by atoms with van der Waals surface area (Å²) < 4.78 is 25.7. The van der Waals surface area contributed by atoms with E-state index in [0.29, 0.717) is 22.5 Å². The molecule has 9 nitrogen and oxygen atoms in total. The van der Waals surface area contributed by atoms with Gasteiger partial charge in [0.15, 0.2) is 0 Å². The summed E-state index contributed by atoms with van der Waals surface area (Å²) in [6.07, 6.45) is 0. The smallest absolute Gasteiger partial charge is 0.360 e. The number of hydrogen-bond donors (Lipinski definition) is 3. The summed E-state index contributed by atoms with van der Waals surface area (Å²) in [5.41, 5.74) is 4.41. The molecule has 0 saturated heterocycles. The molecule has 3 aliphatic rings. The Morgan fingerprint density at radius 2 is 1.50 bits per heavy atom. The number of amides is 2. The van der Waals surface area contributed by atoms with E-state index >= 15 is 0 Å². The van der Waals surface area contributed by atoms with E-state index in [9.17, 15) is 19.4 Å². The fraction of sp³-hybridized carbons (Fsp3) is 0.292. The molecule has 0 bridgehead atoms. The monoisotopic (exact) mass is 478 g/mol. The lowest BCUT2D eigenvalue weighted by atomic mass is 9.56. The van der Waals surface area contributed by atoms with E-state index in [1.54, 1.807) is 62.4 Å². The number of carbonyl (C=O) groups excluding carboxylic acids is 2. The predicted molar refractivity (Wildman–Crippen MR) is 125 cm³/mol. The molecule has 0 fully saturated rings. The van der Waals surface area contributed by atoms with Crippen molar-refractivity contribution >= 4 is 30.8 Å². The minimum atomic E-state index is -4.24. The van der Waals surface area contributed by atoms with Crippen LogP contribution in [0.3, 0.4) is 0 Å². The molecule has 4 N–H and O–H groups in total. The maximum absolute atomic E-state index is 14.4. The third kappa shape index (κ3) is 2.38. The Bertz CT molecular complexity index is 1360. The van der Waals surface area contributed by atoms with Gasteiger partial charge < -0.3 is 25.4 Å². The number of fused-ring (bicyclic) bond motifs is 5. The highest BCUT2D eigenvalue weighted by atomic mass is 31.2. The predicted octanol–water partition coefficient (Wildman–Crippen LogP) is 3.36. The summed E-state index contributed by atoms with van der Waals surface area (Å²) in [5, 5.41) is 15.9. The van der Waals surface area contributed by atoms with Gasteiger partial charge in [-0.3, -0.25) is 14.2 Å². The van der Waals surface area contributed by atoms with Crippen molar-refractivity contribution in [1.82, 2.24) is 0 Å². The van der Waals surface area contributed by atoms with Gasteiger partial charge in [-0.1, -0.05) is 36.4 Å². The highest BCUT2D eigenvalue weighted by molar-refractivity contribution is 7.58. The van der Waals surface area contributed by atoms with Gasteiger partial charge in [-0.15, -0.1) is 0 Å². The number of allylic oxidation sites excluding steroid dienone is 1. The summed E-state index contributed by atoms with van der Waals surface area (Å²) in [6, 6.07) is 15.8. The van der Waals surface area contributed by atoms with E-state index in [-0.39, 0.29) is 24.2 Å². The van der Waals surface area contributed by atoms with Gasteiger partial charge in [0.25, 0.3) is 0 Å². The van der Waals surface area contributed by atoms with Crippen LogP contribution in [0.2, 0.25) is 0 Å². The number of nitrogens with two attached hydrogens (primary N) is 1. The normalized spacial score (nSPS) is 27.0. The molecule has 0 aromatic heterocycles. The van der Waals surface area contributed by atoms with Crippen LogP contribution in [0.1, 0.15) is 25.0 Å². The van der Waals surface area contributed by atoms with Crippen LogP contribution in [0.5, 0.6) is 0 Å². The zero-order chi connectivity index (χ0) is 24.3. The van der Waals surface area contributed by atoms with Gasteiger partial charge in [-0.25, -0.2) is 0 Å². The molecule has 174 valence electrons. The van der Waals surface area contributed by atoms with Crippen LogP contribution in [0, 0.1) is 17.2 Å². The van der Waals surface area contributed by atoms with Gasteiger partial charge in [0, 0.05) is 17.1 Å². The zero-order valence-electron chi connectivity index (χ0n) is 18.6. The minimum Gasteiger partial charge on any atom is -0.400 e. The summed E-state index contributed by atoms with van der Waals surface area (Å²) in [7, 11) is -4.24. The van der Waals surface area contributed by atoms with Crippen molar-refractivity contribution in [3.05, 3.63) is 70.7 Å². The molecule has 2 unspecified atom stereocenters. The van der Waals surface area contributed by atoms with Gasteiger partial charge in [0.2, 0.25) is 11.8 Å². The van der Waals surface area contributed by atoms with Crippen LogP contribution in [0.15, 0.2) is 59.5 Å². The standard InChI is InChI=1S/C24H23N4O5P/c1-3-32-34(31,33-4-2)20-19(26)16(13-25)23(14-9-5-7-11-17(14)27-21(23)29)24(20)15-10-6-8-12-18(15)28-22(24)30/h5-12,16H,3-4,26H2,1-2H3,(H,27,29)(H,28,30)/t16-,23?,24?/m1/s1. The molecule has 2 aromatic rings. The second-order valence-corrected chi connectivity index (χ2v) is 10.2. The molecule has 2 amide bonds. The highest BCUT2D eigenvalue weighted by Gasteiger charge is 2.79. The van der Waals surface area contributed by atoms with Gasteiger partial charge in [-0.05, 0) is 37.1 Å². The molecule has 1 aliphatic carbocycles. The minimum absolute atomic E-state index is 0.000404. The number of carbonyl (C=O) groups is 2. The van der Waals surface area contributed by atoms with Crippen molar-refractivity contribution in [3.8, 4) is 6.07 Å². The lowest BCUT2D eigenvalue weighted by Crippen LogP contribution is -2.58. The maximum atomic E-state index is 14.4. The van der Waals surface area contributed by atoms with Crippen molar-refractivity contribution in [2.45, 2.75) is 24.7 Å². The van der Waals surface area contributed by atoms with Crippen molar-refractivity contribution < 1.29 is 23.2 Å². The Labute approximate surface area is 196 Å². The molecule has 10 heteroatoms. The van der Waals surface area contributed by atoms with Crippen LogP contribution >= 0.6 is 7.60 Å². The molecular weight excluding hydrogens is 455 g/mol. The molecule has 5 rings (SSSR count). The fourth-order valence-electron chi connectivity index (χ4n) is 5.85. The number of anilines is 2. The van der Waals surface area contributed by atoms with Gasteiger partial charge in [0.05, 0.1) is 24.6 Å². The van der Waals surface area contributed by atoms with Crippen LogP contribution < -0.4 is 16.4 Å². The largest absolute Gasteiger partial charge is 0.400 e. The SMILES string of the molecule is CCOP(=O)(OCC)C1=C(N)[C@@H](C#N)C2(C(=O)Nc3ccccc32)C12C(=O)Nc1ccccc12. The van der Waals surface area contributed by atoms with Gasteiger partial charge >= 0.3 is 7.60 Å². The number of nitriles is 1. The Morgan fingerprint density at radius 1 is 0.971 bits per heavy atom. The van der Waals surface area contributed by atoms with Crippen molar-refractivity contribution in [2.24, 2.45) is 11.7 Å². The van der Waals surface area contributed by atoms with Crippen LogP contribution in [0.4, 0.5) is 11.4 Å². The van der Waals surface area contributed by atoms with Gasteiger partial charge in [0.1, 0.15) is 16.7 Å². The van der Waals surface area contributed by atoms with E-state index in [1.165, 1.54) is 0 Å². The zero-order valence-corrected chi connectivity index (χ0v) is 19.5. The number of nitrogens with zero attached hydrogens (tertiary/aromatic N) is 1. The molecule has 2 aromatic carbocycles. The molecule has 2 spiro atoms. The number of nitrogens with one attached hydrogen (secondary N) is 2. The quantitative estimate of drug-likeness (QED) is 0.559. The van der Waals surface area contributed by atoms with E-state index in [1.807, 2.05) is 0 Å². The van der Waals surface area contributed by atoms with E-state index in [4.69, 9.17) is 14.8 Å². The van der Waals surface area contributed by atoms with Crippen LogP contribution in [-0.2, 0) is 34.0 Å². The second-order valence-electron chi connectivity index (χ2n) is 8.26. The van der Waals surface area contributed by atoms with Crippen molar-refractivity contribution in [3.63, 3.8) is 0 Å². The second kappa shape index (κ2) is 7.54. The highest BCUT2D eigenvalue weighted by Crippen LogP contribution is 2.76. The summed E-state index contributed by atoms with van der Waals surface area (Å²) in [5.74, 6) is -2.50. The Hall–Kier alpha value is -3.44. The number of para-hydroxylation sites is 2. The maximum Gasteiger partial charge on any atom is 0.360 e. The Balaban J connectivity index is 1.99. The third-order valence-corrected chi connectivity index (χ3v) is 9.18. The van der Waals surface area contributed by atoms with Crippen molar-refractivity contribution in [1.29, 1.82) is 5.26 Å². The molecule has 0 radical (unpaired) electrons. The average molecular weight is 478 g/mol. The molecular formula is C24H23N4O5P. The van der Waals surface area contributed by atoms with Crippen LogP contribution in [-0.4, -0.2) is 25.0 Å². The van der Waals surface area contributed by atoms with Crippen LogP contribution in [0.25, 0.3) is 0 Å². The van der Waals surface area contributed by atoms with Gasteiger partial charge in [-0.2, -0.15) is 5.26 Å². The summed E-state index contributed by atoms with van der Waals surface area (Å²) in [4.78, 5) is 28.1. The Morgan fingerprint density at radius 3 is 2.09 bits per heavy atom. The first-order chi connectivity index (χ1) is 16.3. The third-order valence-electron chi connectivity index (χ3n) is 6.84. The van der Waals surface area contributed by atoms with Crippen molar-refractivity contribution in [2.75, 3.05) is 23.8 Å². The Kier molecular flexibility index (Phi) is 4.96. The molecule has 34 heavy (non-hydrogen) atoms. The van der Waals surface area contributed by atoms with E-state index in [2.05, 4.69) is 16.7 Å². The molecule has 2 aliphatic heterocycles. The molecule has 0 saturated carbocycles. The summed E-state index contributed by atoms with van der Waals surface area (Å²) >= 11 is 0. The van der Waals surface area contributed by atoms with E-state index < -0.39 is 36.2 Å². The lowest BCUT2D eigenvalue weighted by molar-refractivity contribution is -0.130. The number of hydrogen-bond acceptors (Lipinski definition) is 7. The van der Waals surface area contributed by atoms with E-state index in [0.717, 1.165) is 0 Å². The number of rotatable bonds is 5. The fourth-order valence-corrected chi connectivity index (χ4v) is 8.12. The summed E-state index contributed by atoms with van der Waals surface area (Å²) in [6.45, 7) is 3.28. The molecule has 2 heterocycles. The number of benzene rings is 2. The molecule has 3 atom stereocenters. The average Bonchev–Trinajstić information content (AvgIpc) is 3.36. The lowest BCUT2D eigenvalue weighted by Gasteiger charge is -2.41.